The quantitative estimate of drug-likeness (QED) is 0.0799. The summed E-state index contributed by atoms with van der Waals surface area (Å²) in [6.07, 6.45) is 0.768. The molecule has 0 unspecified atom stereocenters. The normalized spacial score (nSPS) is 16.3. The Kier molecular flexibility index (Phi) is 16.0. The molecule has 0 aliphatic carbocycles. The molecule has 9 N–H and O–H groups in total. The minimum Gasteiger partial charge on any atom is -0.504 e. The zero-order valence-electron chi connectivity index (χ0n) is 36.3. The first kappa shape index (κ1) is 47.3. The molecule has 2 heterocycles. The second-order valence-corrected chi connectivity index (χ2v) is 15.4. The van der Waals surface area contributed by atoms with Crippen LogP contribution in [0.5, 0.6) is 23.0 Å². The number of aryl methyl sites for hydroxylation is 2. The van der Waals surface area contributed by atoms with Gasteiger partial charge in [-0.15, -0.1) is 0 Å². The molecule has 63 heavy (non-hydrogen) atoms. The van der Waals surface area contributed by atoms with Gasteiger partial charge in [0.05, 0.1) is 42.8 Å². The fourth-order valence-corrected chi connectivity index (χ4v) is 6.96. The lowest BCUT2D eigenvalue weighted by Crippen LogP contribution is -2.53. The second-order valence-electron chi connectivity index (χ2n) is 15.4. The molecule has 0 saturated heterocycles. The molecule has 0 fully saturated rings. The molecule has 1 aliphatic rings. The highest BCUT2D eigenvalue weighted by molar-refractivity contribution is 5.99. The van der Waals surface area contributed by atoms with Crippen molar-refractivity contribution in [1.82, 2.24) is 30.8 Å². The Hall–Kier alpha value is -6.79. The highest BCUT2D eigenvalue weighted by Crippen LogP contribution is 2.44. The van der Waals surface area contributed by atoms with E-state index in [1.165, 1.54) is 26.1 Å². The maximum atomic E-state index is 14.4. The molecule has 3 aromatic carbocycles. The minimum absolute atomic E-state index is 0.00348. The highest BCUT2D eigenvalue weighted by Gasteiger charge is 2.34. The van der Waals surface area contributed by atoms with Crippen LogP contribution in [0.3, 0.4) is 0 Å². The van der Waals surface area contributed by atoms with Gasteiger partial charge in [0.15, 0.2) is 17.3 Å². The lowest BCUT2D eigenvalue weighted by Gasteiger charge is -2.30. The monoisotopic (exact) mass is 868 g/mol. The van der Waals surface area contributed by atoms with Crippen LogP contribution in [-0.4, -0.2) is 113 Å². The van der Waals surface area contributed by atoms with E-state index in [-0.39, 0.29) is 60.5 Å². The SMILES string of the molecule is Cc1nc(-c2ccc(OC(C)C)cc2)nc(C)c1C(=O)NCC(=O)N(C)[C@@H]1C(=O)N[C@@H](C)C(=O)N[C@H](C(=O)O)Cc2ccc(OCCCN)c(c2)-c2cc1cc(OCCCN)c2O. The van der Waals surface area contributed by atoms with E-state index in [0.717, 1.165) is 4.90 Å². The Morgan fingerprint density at radius 2 is 1.52 bits per heavy atom. The minimum atomic E-state index is -1.49. The summed E-state index contributed by atoms with van der Waals surface area (Å²) in [5.74, 6) is -3.26. The maximum Gasteiger partial charge on any atom is 0.326 e. The largest absolute Gasteiger partial charge is 0.504 e. The van der Waals surface area contributed by atoms with E-state index in [1.807, 2.05) is 38.1 Å². The summed E-state index contributed by atoms with van der Waals surface area (Å²) in [5.41, 5.74) is 14.2. The molecule has 1 aliphatic heterocycles. The first-order chi connectivity index (χ1) is 30.0. The van der Waals surface area contributed by atoms with Gasteiger partial charge in [-0.05, 0) is 120 Å². The van der Waals surface area contributed by atoms with Crippen LogP contribution in [0, 0.1) is 13.8 Å². The van der Waals surface area contributed by atoms with Crippen LogP contribution in [0.2, 0.25) is 0 Å². The molecule has 4 bridgehead atoms. The number of carbonyl (C=O) groups excluding carboxylic acids is 4. The van der Waals surface area contributed by atoms with E-state index in [2.05, 4.69) is 25.9 Å². The number of carboxylic acid groups (broad SMARTS) is 1. The summed E-state index contributed by atoms with van der Waals surface area (Å²) in [6, 6.07) is 10.9. The number of aliphatic carboxylic acids is 1. The van der Waals surface area contributed by atoms with Gasteiger partial charge in [-0.25, -0.2) is 14.8 Å². The van der Waals surface area contributed by atoms with Crippen molar-refractivity contribution in [3.05, 3.63) is 82.7 Å². The molecule has 1 aromatic heterocycles. The van der Waals surface area contributed by atoms with Crippen molar-refractivity contribution in [2.45, 2.75) is 78.1 Å². The third-order valence-electron chi connectivity index (χ3n) is 10.2. The zero-order chi connectivity index (χ0) is 46.0. The van der Waals surface area contributed by atoms with Gasteiger partial charge in [0.2, 0.25) is 17.7 Å². The summed E-state index contributed by atoms with van der Waals surface area (Å²) in [4.78, 5) is 78.1. The van der Waals surface area contributed by atoms with Crippen LogP contribution in [0.4, 0.5) is 0 Å². The molecule has 3 atom stereocenters. The Morgan fingerprint density at radius 3 is 2.13 bits per heavy atom. The second kappa shape index (κ2) is 21.3. The van der Waals surface area contributed by atoms with Crippen molar-refractivity contribution < 1.29 is 48.4 Å². The van der Waals surface area contributed by atoms with E-state index in [1.54, 1.807) is 32.0 Å². The fourth-order valence-electron chi connectivity index (χ4n) is 6.96. The summed E-state index contributed by atoms with van der Waals surface area (Å²) >= 11 is 0. The number of likely N-dealkylation sites (N-methyl/N-ethyl adjacent to an activating group) is 1. The molecule has 5 rings (SSSR count). The number of carboxylic acids is 1. The summed E-state index contributed by atoms with van der Waals surface area (Å²) in [6.45, 7) is 8.90. The van der Waals surface area contributed by atoms with Crippen molar-refractivity contribution >= 4 is 29.6 Å². The number of aromatic hydroxyl groups is 1. The van der Waals surface area contributed by atoms with Crippen molar-refractivity contribution in [3.63, 3.8) is 0 Å². The summed E-state index contributed by atoms with van der Waals surface area (Å²) < 4.78 is 17.8. The van der Waals surface area contributed by atoms with Gasteiger partial charge in [0, 0.05) is 30.2 Å². The van der Waals surface area contributed by atoms with Crippen LogP contribution in [0.15, 0.2) is 54.6 Å². The predicted molar refractivity (Wildman–Crippen MR) is 233 cm³/mol. The lowest BCUT2D eigenvalue weighted by molar-refractivity contribution is -0.142. The van der Waals surface area contributed by atoms with E-state index in [9.17, 15) is 34.2 Å². The van der Waals surface area contributed by atoms with Gasteiger partial charge in [0.1, 0.15) is 29.6 Å². The van der Waals surface area contributed by atoms with E-state index >= 15 is 0 Å². The van der Waals surface area contributed by atoms with Crippen LogP contribution in [0.1, 0.15) is 72.5 Å². The van der Waals surface area contributed by atoms with Gasteiger partial charge in [0.25, 0.3) is 5.91 Å². The number of aromatic nitrogens is 2. The number of phenols is 1. The zero-order valence-corrected chi connectivity index (χ0v) is 36.3. The number of benzene rings is 3. The molecular formula is C45H56N8O10. The van der Waals surface area contributed by atoms with Crippen molar-refractivity contribution in [2.24, 2.45) is 11.5 Å². The Labute approximate surface area is 365 Å². The number of amides is 4. The standard InChI is InChI=1S/C45H56N8O10/c1-24(2)63-31-12-10-29(11-13-31)41-49-25(3)38(26(4)50-41)43(57)48-23-37(54)53(6)39-30-21-33(40(55)36(22-30)62-18-8-16-47)32-19-28(9-14-35(32)61-17-7-15-46)20-34(45(59)60)52-42(56)27(5)51-44(39)58/h9-14,19,21-22,24,27,34,39,55H,7-8,15-18,20,23,46-47H2,1-6H3,(H,48,57)(H,51,58)(H,52,56)(H,59,60)/t27-,34-,39-/m0/s1. The number of fused-ring (bicyclic) bond motifs is 5. The molecule has 18 nitrogen and oxygen atoms in total. The van der Waals surface area contributed by atoms with E-state index < -0.39 is 54.3 Å². The van der Waals surface area contributed by atoms with E-state index in [0.29, 0.717) is 64.8 Å². The third-order valence-corrected chi connectivity index (χ3v) is 10.2. The number of hydrogen-bond donors (Lipinski definition) is 7. The first-order valence-corrected chi connectivity index (χ1v) is 20.7. The average Bonchev–Trinajstić information content (AvgIpc) is 3.23. The lowest BCUT2D eigenvalue weighted by atomic mass is 9.93. The highest BCUT2D eigenvalue weighted by atomic mass is 16.5. The number of nitrogens with one attached hydrogen (secondary N) is 3. The Bertz CT molecular complexity index is 2300. The van der Waals surface area contributed by atoms with Gasteiger partial charge in [-0.2, -0.15) is 0 Å². The number of hydrogen-bond acceptors (Lipinski definition) is 13. The number of rotatable bonds is 16. The van der Waals surface area contributed by atoms with Gasteiger partial charge in [-0.3, -0.25) is 19.2 Å². The molecule has 4 aromatic rings. The van der Waals surface area contributed by atoms with Gasteiger partial charge >= 0.3 is 5.97 Å². The number of ether oxygens (including phenoxy) is 3. The molecule has 4 amide bonds. The molecular weight excluding hydrogens is 813 g/mol. The van der Waals surface area contributed by atoms with E-state index in [4.69, 9.17) is 25.7 Å². The number of phenolic OH excluding ortho intramolecular Hbond substituents is 1. The fraction of sp³-hybridized carbons (Fsp3) is 0.400. The van der Waals surface area contributed by atoms with Crippen LogP contribution in [-0.2, 0) is 25.6 Å². The van der Waals surface area contributed by atoms with Gasteiger partial charge < -0.3 is 56.7 Å². The maximum absolute atomic E-state index is 14.4. The summed E-state index contributed by atoms with van der Waals surface area (Å²) in [5, 5.41) is 29.6. The smallest absolute Gasteiger partial charge is 0.326 e. The van der Waals surface area contributed by atoms with Crippen LogP contribution in [0.25, 0.3) is 22.5 Å². The van der Waals surface area contributed by atoms with Crippen molar-refractivity contribution in [3.8, 4) is 45.5 Å². The molecule has 0 radical (unpaired) electrons. The molecule has 0 saturated carbocycles. The topological polar surface area (TPSA) is 271 Å². The predicted octanol–water partition coefficient (Wildman–Crippen LogP) is 2.94. The first-order valence-electron chi connectivity index (χ1n) is 20.7. The van der Waals surface area contributed by atoms with Crippen LogP contribution < -0.4 is 41.6 Å². The van der Waals surface area contributed by atoms with Crippen molar-refractivity contribution in [2.75, 3.05) is 39.9 Å². The molecule has 18 heteroatoms. The van der Waals surface area contributed by atoms with Crippen molar-refractivity contribution in [1.29, 1.82) is 0 Å². The van der Waals surface area contributed by atoms with Gasteiger partial charge in [-0.1, -0.05) is 6.07 Å². The third kappa shape index (κ3) is 11.8. The number of carbonyl (C=O) groups is 5. The Balaban J connectivity index is 1.53. The average molecular weight is 869 g/mol. The number of nitrogens with zero attached hydrogens (tertiary/aromatic N) is 3. The summed E-state index contributed by atoms with van der Waals surface area (Å²) in [7, 11) is 1.35. The molecule has 336 valence electrons. The molecule has 0 spiro atoms. The van der Waals surface area contributed by atoms with Crippen LogP contribution >= 0.6 is 0 Å². The number of nitrogens with two attached hydrogens (primary N) is 2. The Morgan fingerprint density at radius 1 is 0.889 bits per heavy atom.